The van der Waals surface area contributed by atoms with Crippen molar-refractivity contribution >= 4 is 11.8 Å². The second-order valence-corrected chi connectivity index (χ2v) is 5.85. The topological polar surface area (TPSA) is 80.5 Å². The minimum Gasteiger partial charge on any atom is -0.464 e. The summed E-state index contributed by atoms with van der Waals surface area (Å²) >= 11 is 0. The Kier molecular flexibility index (Phi) is 4.89. The second-order valence-electron chi connectivity index (χ2n) is 5.85. The number of ether oxygens (including phenoxy) is 1. The van der Waals surface area contributed by atoms with Crippen LogP contribution in [0.25, 0.3) is 11.3 Å². The molecule has 0 aliphatic carbocycles. The lowest BCUT2D eigenvalue weighted by Gasteiger charge is -2.20. The second kappa shape index (κ2) is 7.28. The average Bonchev–Trinajstić information content (AvgIpc) is 3.03. The lowest BCUT2D eigenvalue weighted by molar-refractivity contribution is 0.203. The number of carboxylic acid groups (broad SMARTS) is 1. The summed E-state index contributed by atoms with van der Waals surface area (Å²) in [5.74, 6) is -0.0444. The fourth-order valence-electron chi connectivity index (χ4n) is 2.53. The molecule has 1 N–H and O–H groups in total. The molecule has 0 radical (unpaired) electrons. The van der Waals surface area contributed by atoms with Gasteiger partial charge in [0.1, 0.15) is 11.5 Å². The van der Waals surface area contributed by atoms with Gasteiger partial charge in [0.15, 0.2) is 5.82 Å². The Hall–Kier alpha value is -3.68. The number of carbonyl (C=O) groups is 1. The first-order valence-corrected chi connectivity index (χ1v) is 7.96. The molecular weight excluding hydrogens is 351 g/mol. The molecule has 0 fully saturated rings. The first-order valence-electron chi connectivity index (χ1n) is 7.96. The van der Waals surface area contributed by atoms with Crippen molar-refractivity contribution in [3.05, 3.63) is 67.0 Å². The summed E-state index contributed by atoms with van der Waals surface area (Å²) < 4.78 is 21.8. The Morgan fingerprint density at radius 3 is 2.63 bits per heavy atom. The number of hydrogen-bond acceptors (Lipinski definition) is 4. The van der Waals surface area contributed by atoms with Crippen molar-refractivity contribution in [2.45, 2.75) is 6.92 Å². The van der Waals surface area contributed by atoms with Gasteiger partial charge in [-0.15, -0.1) is 0 Å². The summed E-state index contributed by atoms with van der Waals surface area (Å²) in [6.07, 6.45) is 3.76. The van der Waals surface area contributed by atoms with Crippen LogP contribution in [-0.2, 0) is 7.05 Å². The lowest BCUT2D eigenvalue weighted by Crippen LogP contribution is -2.27. The number of benzene rings is 1. The molecule has 2 aromatic heterocycles. The summed E-state index contributed by atoms with van der Waals surface area (Å²) in [5.41, 5.74) is 1.55. The number of aryl methyl sites for hydroxylation is 1. The number of amides is 1. The Morgan fingerprint density at radius 2 is 2.04 bits per heavy atom. The predicted molar refractivity (Wildman–Crippen MR) is 98.2 cm³/mol. The number of rotatable bonds is 5. The van der Waals surface area contributed by atoms with Gasteiger partial charge in [-0.05, 0) is 25.1 Å². The van der Waals surface area contributed by atoms with Gasteiger partial charge in [-0.1, -0.05) is 6.58 Å². The Labute approximate surface area is 155 Å². The van der Waals surface area contributed by atoms with Crippen LogP contribution in [0.3, 0.4) is 0 Å². The molecule has 1 aromatic carbocycles. The summed E-state index contributed by atoms with van der Waals surface area (Å²) in [7, 11) is 1.81. The minimum atomic E-state index is -1.31. The van der Waals surface area contributed by atoms with Gasteiger partial charge in [0.05, 0.1) is 17.6 Å². The highest BCUT2D eigenvalue weighted by atomic mass is 19.1. The highest BCUT2D eigenvalue weighted by Gasteiger charge is 2.19. The quantitative estimate of drug-likeness (QED) is 0.720. The highest BCUT2D eigenvalue weighted by molar-refractivity contribution is 5.89. The van der Waals surface area contributed by atoms with Crippen LogP contribution in [0.15, 0.2) is 61.2 Å². The molecule has 2 heterocycles. The molecule has 138 valence electrons. The van der Waals surface area contributed by atoms with Crippen LogP contribution in [0.2, 0.25) is 0 Å². The third-order valence-electron chi connectivity index (χ3n) is 3.70. The highest BCUT2D eigenvalue weighted by Crippen LogP contribution is 2.30. The normalized spacial score (nSPS) is 10.5. The van der Waals surface area contributed by atoms with Crippen LogP contribution < -0.4 is 9.64 Å². The molecule has 0 saturated heterocycles. The van der Waals surface area contributed by atoms with Gasteiger partial charge in [0.25, 0.3) is 0 Å². The third-order valence-corrected chi connectivity index (χ3v) is 3.70. The van der Waals surface area contributed by atoms with Crippen LogP contribution in [0, 0.1) is 5.82 Å². The molecule has 27 heavy (non-hydrogen) atoms. The molecule has 0 unspecified atom stereocenters. The molecule has 7 nitrogen and oxygen atoms in total. The molecule has 8 heteroatoms. The number of hydrogen-bond donors (Lipinski definition) is 1. The Balaban J connectivity index is 1.85. The van der Waals surface area contributed by atoms with Crippen molar-refractivity contribution in [1.82, 2.24) is 14.8 Å². The monoisotopic (exact) mass is 368 g/mol. The zero-order valence-electron chi connectivity index (χ0n) is 14.8. The van der Waals surface area contributed by atoms with Crippen LogP contribution in [-0.4, -0.2) is 26.0 Å². The fraction of sp³-hybridized carbons (Fsp3) is 0.105. The number of allylic oxidation sites excluding steroid dienone is 1. The summed E-state index contributed by atoms with van der Waals surface area (Å²) in [4.78, 5) is 16.3. The minimum absolute atomic E-state index is 0.117. The zero-order valence-corrected chi connectivity index (χ0v) is 14.8. The lowest BCUT2D eigenvalue weighted by atomic mass is 10.2. The molecule has 0 spiro atoms. The van der Waals surface area contributed by atoms with Crippen molar-refractivity contribution < 1.29 is 19.0 Å². The summed E-state index contributed by atoms with van der Waals surface area (Å²) in [6, 6.07) is 7.29. The van der Waals surface area contributed by atoms with Gasteiger partial charge in [0.2, 0.25) is 0 Å². The molecule has 0 bridgehead atoms. The molecule has 0 aliphatic heterocycles. The number of nitrogens with zero attached hydrogens (tertiary/aromatic N) is 4. The molecule has 3 aromatic rings. The van der Waals surface area contributed by atoms with E-state index in [0.29, 0.717) is 11.4 Å². The van der Waals surface area contributed by atoms with E-state index >= 15 is 0 Å². The van der Waals surface area contributed by atoms with Crippen molar-refractivity contribution in [2.75, 3.05) is 4.90 Å². The first kappa shape index (κ1) is 18.1. The van der Waals surface area contributed by atoms with E-state index in [-0.39, 0.29) is 17.1 Å². The molecule has 0 saturated carbocycles. The van der Waals surface area contributed by atoms with E-state index in [0.717, 1.165) is 16.5 Å². The van der Waals surface area contributed by atoms with E-state index in [1.807, 2.05) is 6.20 Å². The Morgan fingerprint density at radius 1 is 1.30 bits per heavy atom. The number of anilines is 1. The maximum absolute atomic E-state index is 14.4. The van der Waals surface area contributed by atoms with Crippen molar-refractivity contribution in [2.24, 2.45) is 7.05 Å². The van der Waals surface area contributed by atoms with Crippen molar-refractivity contribution in [3.63, 3.8) is 0 Å². The summed E-state index contributed by atoms with van der Waals surface area (Å²) in [6.45, 7) is 5.04. The maximum atomic E-state index is 14.4. The average molecular weight is 368 g/mol. The van der Waals surface area contributed by atoms with Gasteiger partial charge in [-0.2, -0.15) is 5.10 Å². The first-order chi connectivity index (χ1) is 12.8. The van der Waals surface area contributed by atoms with Crippen LogP contribution in [0.1, 0.15) is 6.92 Å². The summed E-state index contributed by atoms with van der Waals surface area (Å²) in [5, 5.41) is 13.3. The van der Waals surface area contributed by atoms with Crippen LogP contribution in [0.4, 0.5) is 14.9 Å². The van der Waals surface area contributed by atoms with Gasteiger partial charge in [-0.25, -0.2) is 14.1 Å². The maximum Gasteiger partial charge on any atom is 0.416 e. The molecule has 0 atom stereocenters. The predicted octanol–water partition coefficient (Wildman–Crippen LogP) is 4.43. The number of pyridine rings is 1. The standard InChI is InChI=1S/C19H17FN4O3/c1-12(2)24(19(25)26)18-5-4-14(8-16(18)20)27-15-6-7-21-17(9-15)13-10-22-23(3)11-13/h4-11H,1H2,2-3H3,(H,25,26). The third kappa shape index (κ3) is 3.95. The van der Waals surface area contributed by atoms with Crippen molar-refractivity contribution in [3.8, 4) is 22.8 Å². The van der Waals surface area contributed by atoms with Gasteiger partial charge >= 0.3 is 6.09 Å². The van der Waals surface area contributed by atoms with Crippen molar-refractivity contribution in [1.29, 1.82) is 0 Å². The van der Waals surface area contributed by atoms with E-state index < -0.39 is 11.9 Å². The molecule has 1 amide bonds. The molecule has 3 rings (SSSR count). The van der Waals surface area contributed by atoms with Gasteiger partial charge in [-0.3, -0.25) is 9.67 Å². The largest absolute Gasteiger partial charge is 0.464 e. The van der Waals surface area contributed by atoms with E-state index in [9.17, 15) is 14.3 Å². The fourth-order valence-corrected chi connectivity index (χ4v) is 2.53. The smallest absolute Gasteiger partial charge is 0.416 e. The van der Waals surface area contributed by atoms with E-state index in [2.05, 4.69) is 16.7 Å². The SMILES string of the molecule is C=C(C)N(C(=O)O)c1ccc(Oc2ccnc(-c3cnn(C)c3)c2)cc1F. The van der Waals surface area contributed by atoms with Gasteiger partial charge in [0, 0.05) is 42.8 Å². The number of halogens is 1. The van der Waals surface area contributed by atoms with E-state index in [1.54, 1.807) is 36.3 Å². The number of aromatic nitrogens is 3. The molecular formula is C19H17FN4O3. The molecule has 0 aliphatic rings. The van der Waals surface area contributed by atoms with Crippen LogP contribution in [0.5, 0.6) is 11.5 Å². The zero-order chi connectivity index (χ0) is 19.6. The van der Waals surface area contributed by atoms with Gasteiger partial charge < -0.3 is 9.84 Å². The van der Waals surface area contributed by atoms with E-state index in [1.165, 1.54) is 19.1 Å². The van der Waals surface area contributed by atoms with Crippen LogP contribution >= 0.6 is 0 Å². The Bertz CT molecular complexity index is 1000. The van der Waals surface area contributed by atoms with E-state index in [4.69, 9.17) is 4.74 Å².